The van der Waals surface area contributed by atoms with Crippen molar-refractivity contribution < 1.29 is 17.0 Å². The summed E-state index contributed by atoms with van der Waals surface area (Å²) in [5.41, 5.74) is 4.11. The number of hydrogen-bond acceptors (Lipinski definition) is 6. The van der Waals surface area contributed by atoms with Crippen LogP contribution in [0, 0.1) is 6.92 Å². The summed E-state index contributed by atoms with van der Waals surface area (Å²) in [6, 6.07) is 5.84. The summed E-state index contributed by atoms with van der Waals surface area (Å²) in [6.45, 7) is 12.0. The largest absolute Gasteiger partial charge is 0.425 e. The van der Waals surface area contributed by atoms with Crippen LogP contribution in [-0.2, 0) is 10.6 Å². The van der Waals surface area contributed by atoms with Gasteiger partial charge >= 0.3 is 16.2 Å². The quantitative estimate of drug-likeness (QED) is 0.722. The number of rotatable bonds is 1. The molecule has 7 heteroatoms. The van der Waals surface area contributed by atoms with E-state index in [0.29, 0.717) is 11.5 Å². The molecule has 1 unspecified atom stereocenters. The highest BCUT2D eigenvalue weighted by Crippen LogP contribution is 2.44. The van der Waals surface area contributed by atoms with Gasteiger partial charge in [0.25, 0.3) is 0 Å². The van der Waals surface area contributed by atoms with E-state index in [4.69, 9.17) is 17.0 Å². The Morgan fingerprint density at radius 2 is 1.84 bits per heavy atom. The summed E-state index contributed by atoms with van der Waals surface area (Å²) in [4.78, 5) is 14.1. The Morgan fingerprint density at radius 1 is 1.24 bits per heavy atom. The highest BCUT2D eigenvalue weighted by Gasteiger charge is 2.35. The number of fused-ring (bicyclic) bond motifs is 2. The third kappa shape index (κ3) is 3.92. The Bertz CT molecular complexity index is 953. The number of anilines is 1. The van der Waals surface area contributed by atoms with Crippen molar-refractivity contribution in [2.75, 3.05) is 11.4 Å². The van der Waals surface area contributed by atoms with Crippen LogP contribution in [-0.4, -0.2) is 24.7 Å². The molecule has 1 aromatic carbocycles. The third-order valence-electron chi connectivity index (χ3n) is 4.77. The molecule has 0 aliphatic carbocycles. The molecule has 1 atom stereocenters. The molecular formula is C18H23NO5S. The third-order valence-corrected chi connectivity index (χ3v) is 4.77. The first kappa shape index (κ1) is 19.2. The molecular weight excluding hydrogens is 342 g/mol. The number of benzene rings is 1. The van der Waals surface area contributed by atoms with Gasteiger partial charge in [-0.25, -0.2) is 4.79 Å². The first-order chi connectivity index (χ1) is 11.6. The van der Waals surface area contributed by atoms with E-state index >= 15 is 0 Å². The van der Waals surface area contributed by atoms with Crippen LogP contribution in [0.25, 0.3) is 11.0 Å². The predicted octanol–water partition coefficient (Wildman–Crippen LogP) is 3.21. The van der Waals surface area contributed by atoms with Gasteiger partial charge in [0, 0.05) is 35.3 Å². The minimum Gasteiger partial charge on any atom is -0.423 e. The fourth-order valence-electron chi connectivity index (χ4n) is 3.89. The molecule has 0 amide bonds. The highest BCUT2D eigenvalue weighted by atomic mass is 32.2. The molecule has 0 N–H and O–H groups in total. The lowest BCUT2D eigenvalue weighted by molar-refractivity contribution is 0.381. The van der Waals surface area contributed by atoms with Gasteiger partial charge in [0.05, 0.1) is 0 Å². The number of aryl methyl sites for hydroxylation is 1. The lowest BCUT2D eigenvalue weighted by atomic mass is 9.79. The van der Waals surface area contributed by atoms with E-state index in [1.807, 2.05) is 6.92 Å². The lowest BCUT2D eigenvalue weighted by Gasteiger charge is -2.47. The Hall–Kier alpha value is -2.15. The Kier molecular flexibility index (Phi) is 5.37. The Morgan fingerprint density at radius 3 is 2.40 bits per heavy atom. The lowest BCUT2D eigenvalue weighted by Crippen LogP contribution is -2.48. The summed E-state index contributed by atoms with van der Waals surface area (Å²) < 4.78 is 30.8. The zero-order valence-electron chi connectivity index (χ0n) is 15.1. The molecule has 2 heterocycles. The fraction of sp³-hybridized carbons (Fsp3) is 0.500. The van der Waals surface area contributed by atoms with Gasteiger partial charge in [0.2, 0.25) is 0 Å². The summed E-state index contributed by atoms with van der Waals surface area (Å²) in [6.07, 6.45) is 1.13. The zero-order valence-corrected chi connectivity index (χ0v) is 15.9. The molecule has 0 saturated carbocycles. The molecule has 0 saturated heterocycles. The van der Waals surface area contributed by atoms with Crippen LogP contribution < -0.4 is 10.5 Å². The van der Waals surface area contributed by atoms with E-state index in [-0.39, 0.29) is 11.2 Å². The Balaban J connectivity index is 0.000000511. The van der Waals surface area contributed by atoms with Crippen molar-refractivity contribution in [3.63, 3.8) is 0 Å². The monoisotopic (exact) mass is 365 g/mol. The van der Waals surface area contributed by atoms with Crippen LogP contribution in [0.2, 0.25) is 0 Å². The number of nitrogens with zero attached hydrogens (tertiary/aromatic N) is 1. The average molecular weight is 365 g/mol. The van der Waals surface area contributed by atoms with E-state index in [1.165, 1.54) is 11.3 Å². The predicted molar refractivity (Wildman–Crippen MR) is 97.0 cm³/mol. The summed E-state index contributed by atoms with van der Waals surface area (Å²) in [5.74, 6) is 0.508. The van der Waals surface area contributed by atoms with Crippen LogP contribution in [0.15, 0.2) is 27.4 Å². The smallest absolute Gasteiger partial charge is 0.423 e. The van der Waals surface area contributed by atoms with Gasteiger partial charge in [-0.15, -0.1) is 12.6 Å². The molecule has 136 valence electrons. The summed E-state index contributed by atoms with van der Waals surface area (Å²) in [5, 5.41) is 1.05. The van der Waals surface area contributed by atoms with Gasteiger partial charge in [-0.2, -0.15) is 0 Å². The zero-order chi connectivity index (χ0) is 18.9. The van der Waals surface area contributed by atoms with Crippen LogP contribution in [0.3, 0.4) is 0 Å². The van der Waals surface area contributed by atoms with Gasteiger partial charge in [0.15, 0.2) is 0 Å². The van der Waals surface area contributed by atoms with E-state index in [0.717, 1.165) is 23.9 Å². The normalized spacial score (nSPS) is 18.3. The van der Waals surface area contributed by atoms with Crippen LogP contribution in [0.5, 0.6) is 0 Å². The molecule has 1 aliphatic rings. The molecule has 1 aliphatic heterocycles. The second-order valence-electron chi connectivity index (χ2n) is 7.02. The Labute approximate surface area is 148 Å². The molecule has 2 aromatic rings. The SMILES string of the molecule is CCN1c2cc3oc(=O)cc(C)c3cc2C(C)CC1(C)C.O=S(=O)=O. The van der Waals surface area contributed by atoms with Crippen molar-refractivity contribution in [2.24, 2.45) is 0 Å². The highest BCUT2D eigenvalue weighted by molar-refractivity contribution is 7.59. The maximum Gasteiger partial charge on any atom is 0.425 e. The number of hydrogen-bond donors (Lipinski definition) is 0. The van der Waals surface area contributed by atoms with Crippen molar-refractivity contribution in [2.45, 2.75) is 52.5 Å². The first-order valence-electron chi connectivity index (χ1n) is 8.19. The van der Waals surface area contributed by atoms with Crippen molar-refractivity contribution in [1.82, 2.24) is 0 Å². The van der Waals surface area contributed by atoms with E-state index in [2.05, 4.69) is 44.7 Å². The van der Waals surface area contributed by atoms with E-state index < -0.39 is 10.6 Å². The van der Waals surface area contributed by atoms with Crippen molar-refractivity contribution >= 4 is 27.3 Å². The van der Waals surface area contributed by atoms with E-state index in [1.54, 1.807) is 6.07 Å². The van der Waals surface area contributed by atoms with Crippen molar-refractivity contribution in [3.8, 4) is 0 Å². The second kappa shape index (κ2) is 7.00. The van der Waals surface area contributed by atoms with Gasteiger partial charge in [-0.3, -0.25) is 0 Å². The molecule has 25 heavy (non-hydrogen) atoms. The topological polar surface area (TPSA) is 84.7 Å². The second-order valence-corrected chi connectivity index (χ2v) is 7.43. The van der Waals surface area contributed by atoms with Crippen LogP contribution >= 0.6 is 0 Å². The van der Waals surface area contributed by atoms with E-state index in [9.17, 15) is 4.79 Å². The average Bonchev–Trinajstić information content (AvgIpc) is 2.44. The molecule has 0 fully saturated rings. The maximum atomic E-state index is 11.6. The van der Waals surface area contributed by atoms with Crippen molar-refractivity contribution in [3.05, 3.63) is 39.7 Å². The van der Waals surface area contributed by atoms with Gasteiger partial charge in [-0.05, 0) is 57.2 Å². The van der Waals surface area contributed by atoms with Gasteiger partial charge in [0.1, 0.15) is 5.58 Å². The standard InChI is InChI=1S/C18H23NO2.O3S/c1-6-19-15-9-16-14(11(2)7-17(20)21-16)8-13(15)12(3)10-18(19,4)5;1-4(2)3/h7-9,12H,6,10H2,1-5H3;. The molecule has 3 rings (SSSR count). The molecule has 0 bridgehead atoms. The molecule has 0 radical (unpaired) electrons. The van der Waals surface area contributed by atoms with Gasteiger partial charge < -0.3 is 9.32 Å². The van der Waals surface area contributed by atoms with Crippen molar-refractivity contribution in [1.29, 1.82) is 0 Å². The summed E-state index contributed by atoms with van der Waals surface area (Å²) >= 11 is 0. The minimum atomic E-state index is -3.11. The van der Waals surface area contributed by atoms with Crippen LogP contribution in [0.1, 0.15) is 51.2 Å². The molecule has 6 nitrogen and oxygen atoms in total. The van der Waals surface area contributed by atoms with Crippen LogP contribution in [0.4, 0.5) is 5.69 Å². The summed E-state index contributed by atoms with van der Waals surface area (Å²) in [7, 11) is -3.11. The molecule has 0 spiro atoms. The maximum absolute atomic E-state index is 11.6. The van der Waals surface area contributed by atoms with Gasteiger partial charge in [-0.1, -0.05) is 6.92 Å². The minimum absolute atomic E-state index is 0.124. The molecule has 1 aromatic heterocycles. The first-order valence-corrected chi connectivity index (χ1v) is 9.19. The fourth-order valence-corrected chi connectivity index (χ4v) is 3.89.